The van der Waals surface area contributed by atoms with Crippen LogP contribution >= 0.6 is 0 Å². The number of carbonyl (C=O) groups is 1. The molecule has 124 valence electrons. The van der Waals surface area contributed by atoms with Gasteiger partial charge in [-0.15, -0.1) is 0 Å². The number of hydrogen-bond acceptors (Lipinski definition) is 2. The second-order valence-corrected chi connectivity index (χ2v) is 6.00. The number of Topliss-reactive ketones (excluding diaryl/α,β-unsaturated/α-hetero) is 1. The average molecular weight is 332 g/mol. The minimum atomic E-state index is 0. The molecule has 0 aromatic carbocycles. The molecule has 0 aliphatic heterocycles. The van der Waals surface area contributed by atoms with Gasteiger partial charge in [-0.05, 0) is 6.42 Å². The van der Waals surface area contributed by atoms with Crippen molar-refractivity contribution < 1.29 is 9.90 Å². The van der Waals surface area contributed by atoms with E-state index < -0.39 is 0 Å². The van der Waals surface area contributed by atoms with E-state index in [0.29, 0.717) is 12.8 Å². The van der Waals surface area contributed by atoms with E-state index in [9.17, 15) is 4.79 Å². The van der Waals surface area contributed by atoms with Crippen LogP contribution in [0.5, 0.6) is 0 Å². The Morgan fingerprint density at radius 2 is 1.00 bits per heavy atom. The van der Waals surface area contributed by atoms with Crippen LogP contribution in [0.3, 0.4) is 0 Å². The second kappa shape index (κ2) is 24.9. The molecule has 0 aromatic rings. The molecule has 0 aromatic heterocycles. The van der Waals surface area contributed by atoms with Gasteiger partial charge in [0, 0.05) is 19.4 Å². The molecular formula is C18H38Na2O2. The van der Waals surface area contributed by atoms with Crippen LogP contribution in [0, 0.1) is 0 Å². The maximum atomic E-state index is 11.2. The minimum absolute atomic E-state index is 0. The molecule has 0 fully saturated rings. The zero-order chi connectivity index (χ0) is 14.9. The van der Waals surface area contributed by atoms with Crippen LogP contribution in [0.25, 0.3) is 0 Å². The predicted octanol–water partition coefficient (Wildman–Crippen LogP) is 4.12. The molecule has 0 radical (unpaired) electrons. The SMILES string of the molecule is CCCCCCCCCCCCCCCC(=O)CCO.[NaH].[NaH]. The van der Waals surface area contributed by atoms with Gasteiger partial charge >= 0.3 is 59.1 Å². The van der Waals surface area contributed by atoms with E-state index in [0.717, 1.165) is 6.42 Å². The van der Waals surface area contributed by atoms with Crippen LogP contribution in [-0.4, -0.2) is 76.6 Å². The van der Waals surface area contributed by atoms with Gasteiger partial charge in [0.05, 0.1) is 0 Å². The van der Waals surface area contributed by atoms with Gasteiger partial charge in [0.15, 0.2) is 0 Å². The van der Waals surface area contributed by atoms with Gasteiger partial charge in [0.2, 0.25) is 0 Å². The molecule has 0 amide bonds. The number of aliphatic hydroxyl groups is 1. The van der Waals surface area contributed by atoms with E-state index in [-0.39, 0.29) is 71.5 Å². The van der Waals surface area contributed by atoms with Crippen molar-refractivity contribution in [3.63, 3.8) is 0 Å². The normalized spacial score (nSPS) is 9.91. The van der Waals surface area contributed by atoms with Gasteiger partial charge in [0.1, 0.15) is 5.78 Å². The Kier molecular flexibility index (Phi) is 32.2. The van der Waals surface area contributed by atoms with Crippen molar-refractivity contribution in [2.75, 3.05) is 6.61 Å². The van der Waals surface area contributed by atoms with Crippen molar-refractivity contribution in [3.8, 4) is 0 Å². The number of rotatable bonds is 16. The van der Waals surface area contributed by atoms with E-state index in [1.807, 2.05) is 0 Å². The Labute approximate surface area is 183 Å². The standard InChI is InChI=1S/C18H36O2.2Na.2H/c1-2-3-4-5-6-7-8-9-10-11-12-13-14-15-18(20)16-17-19;;;;/h19H,2-17H2,1H3;;;;. The summed E-state index contributed by atoms with van der Waals surface area (Å²) >= 11 is 0. The van der Waals surface area contributed by atoms with Crippen molar-refractivity contribution in [2.24, 2.45) is 0 Å². The molecule has 0 heterocycles. The third-order valence-electron chi connectivity index (χ3n) is 3.95. The quantitative estimate of drug-likeness (QED) is 0.341. The van der Waals surface area contributed by atoms with Gasteiger partial charge in [-0.1, -0.05) is 84.0 Å². The fourth-order valence-corrected chi connectivity index (χ4v) is 2.59. The summed E-state index contributed by atoms with van der Waals surface area (Å²) in [6, 6.07) is 0. The molecule has 22 heavy (non-hydrogen) atoms. The predicted molar refractivity (Wildman–Crippen MR) is 101 cm³/mol. The molecule has 1 N–H and O–H groups in total. The Bertz CT molecular complexity index is 211. The zero-order valence-electron chi connectivity index (χ0n) is 13.7. The van der Waals surface area contributed by atoms with E-state index >= 15 is 0 Å². The topological polar surface area (TPSA) is 37.3 Å². The van der Waals surface area contributed by atoms with E-state index in [4.69, 9.17) is 5.11 Å². The summed E-state index contributed by atoms with van der Waals surface area (Å²) < 4.78 is 0. The molecule has 0 rings (SSSR count). The van der Waals surface area contributed by atoms with Crippen LogP contribution in [0.15, 0.2) is 0 Å². The Hall–Kier alpha value is 1.63. The summed E-state index contributed by atoms with van der Waals surface area (Å²) in [4.78, 5) is 11.2. The van der Waals surface area contributed by atoms with Gasteiger partial charge in [-0.3, -0.25) is 4.79 Å². The number of carbonyl (C=O) groups excluding carboxylic acids is 1. The van der Waals surface area contributed by atoms with E-state index in [1.165, 1.54) is 77.0 Å². The van der Waals surface area contributed by atoms with Crippen LogP contribution in [0.1, 0.15) is 103 Å². The Morgan fingerprint density at radius 3 is 1.36 bits per heavy atom. The summed E-state index contributed by atoms with van der Waals surface area (Å²) in [6.45, 7) is 2.28. The zero-order valence-corrected chi connectivity index (χ0v) is 13.7. The molecule has 2 nitrogen and oxygen atoms in total. The van der Waals surface area contributed by atoms with Crippen LogP contribution in [-0.2, 0) is 4.79 Å². The number of unbranched alkanes of at least 4 members (excludes halogenated alkanes) is 12. The molecule has 0 aliphatic carbocycles. The third-order valence-corrected chi connectivity index (χ3v) is 3.95. The third kappa shape index (κ3) is 23.9. The molecule has 0 saturated heterocycles. The first-order valence-electron chi connectivity index (χ1n) is 8.93. The van der Waals surface area contributed by atoms with E-state index in [1.54, 1.807) is 0 Å². The van der Waals surface area contributed by atoms with Gasteiger partial charge in [-0.2, -0.15) is 0 Å². The van der Waals surface area contributed by atoms with Crippen molar-refractivity contribution in [3.05, 3.63) is 0 Å². The Morgan fingerprint density at radius 1 is 0.636 bits per heavy atom. The molecule has 0 saturated carbocycles. The average Bonchev–Trinajstić information content (AvgIpc) is 2.44. The molecule has 0 aliphatic rings. The maximum absolute atomic E-state index is 11.2. The summed E-state index contributed by atoms with van der Waals surface area (Å²) in [5, 5.41) is 8.62. The monoisotopic (exact) mass is 332 g/mol. The van der Waals surface area contributed by atoms with Crippen molar-refractivity contribution >= 4 is 64.9 Å². The molecule has 0 unspecified atom stereocenters. The number of hydrogen-bond donors (Lipinski definition) is 1. The Balaban J connectivity index is -0.00000180. The van der Waals surface area contributed by atoms with Crippen molar-refractivity contribution in [1.29, 1.82) is 0 Å². The van der Waals surface area contributed by atoms with Crippen molar-refractivity contribution in [2.45, 2.75) is 103 Å². The van der Waals surface area contributed by atoms with Gasteiger partial charge in [-0.25, -0.2) is 0 Å². The van der Waals surface area contributed by atoms with Crippen LogP contribution < -0.4 is 0 Å². The van der Waals surface area contributed by atoms with Crippen LogP contribution in [0.2, 0.25) is 0 Å². The molecular weight excluding hydrogens is 294 g/mol. The molecule has 0 bridgehead atoms. The summed E-state index contributed by atoms with van der Waals surface area (Å²) in [5.74, 6) is 0.218. The fraction of sp³-hybridized carbons (Fsp3) is 0.944. The second-order valence-electron chi connectivity index (χ2n) is 6.00. The summed E-state index contributed by atoms with van der Waals surface area (Å²) in [5.41, 5.74) is 0. The van der Waals surface area contributed by atoms with Crippen LogP contribution in [0.4, 0.5) is 0 Å². The molecule has 4 heteroatoms. The first-order valence-corrected chi connectivity index (χ1v) is 8.93. The van der Waals surface area contributed by atoms with E-state index in [2.05, 4.69) is 6.92 Å². The molecule has 0 spiro atoms. The number of ketones is 1. The van der Waals surface area contributed by atoms with Crippen molar-refractivity contribution in [1.82, 2.24) is 0 Å². The first-order chi connectivity index (χ1) is 9.81. The van der Waals surface area contributed by atoms with Gasteiger partial charge in [0.25, 0.3) is 0 Å². The van der Waals surface area contributed by atoms with Gasteiger partial charge < -0.3 is 5.11 Å². The fourth-order valence-electron chi connectivity index (χ4n) is 2.59. The summed E-state index contributed by atoms with van der Waals surface area (Å²) in [6.07, 6.45) is 18.4. The first kappa shape index (κ1) is 28.4. The number of aliphatic hydroxyl groups excluding tert-OH is 1. The molecule has 0 atom stereocenters. The summed E-state index contributed by atoms with van der Waals surface area (Å²) in [7, 11) is 0.